The Balaban J connectivity index is 2.64. The Labute approximate surface area is 111 Å². The van der Waals surface area contributed by atoms with E-state index in [0.717, 1.165) is 12.1 Å². The second-order valence-electron chi connectivity index (χ2n) is 4.95. The topological polar surface area (TPSA) is 49.3 Å². The highest BCUT2D eigenvalue weighted by Crippen LogP contribution is 2.13. The number of halogens is 2. The highest BCUT2D eigenvalue weighted by atomic mass is 19.1. The van der Waals surface area contributed by atoms with Crippen LogP contribution < -0.4 is 5.32 Å². The lowest BCUT2D eigenvalue weighted by molar-refractivity contribution is -0.121. The molecule has 0 saturated heterocycles. The third kappa shape index (κ3) is 4.95. The molecule has 0 bridgehead atoms. The fourth-order valence-corrected chi connectivity index (χ4v) is 1.89. The van der Waals surface area contributed by atoms with Crippen molar-refractivity contribution in [2.45, 2.75) is 32.7 Å². The van der Waals surface area contributed by atoms with Crippen molar-refractivity contribution in [1.82, 2.24) is 5.32 Å². The van der Waals surface area contributed by atoms with Gasteiger partial charge in [0.2, 0.25) is 5.91 Å². The molecule has 0 aliphatic carbocycles. The fourth-order valence-electron chi connectivity index (χ4n) is 1.89. The van der Waals surface area contributed by atoms with E-state index in [4.69, 9.17) is 5.11 Å². The zero-order valence-corrected chi connectivity index (χ0v) is 11.1. The number of amides is 1. The van der Waals surface area contributed by atoms with E-state index in [-0.39, 0.29) is 24.6 Å². The summed E-state index contributed by atoms with van der Waals surface area (Å²) < 4.78 is 26.7. The molecule has 19 heavy (non-hydrogen) atoms. The van der Waals surface area contributed by atoms with E-state index < -0.39 is 17.5 Å². The molecule has 1 aromatic carbocycles. The average Bonchev–Trinajstić information content (AvgIpc) is 2.32. The third-order valence-corrected chi connectivity index (χ3v) is 2.74. The van der Waals surface area contributed by atoms with Gasteiger partial charge in [-0.05, 0) is 24.5 Å². The maximum absolute atomic E-state index is 13.4. The molecular weight excluding hydrogens is 252 g/mol. The quantitative estimate of drug-likeness (QED) is 0.831. The van der Waals surface area contributed by atoms with Crippen molar-refractivity contribution in [3.8, 4) is 0 Å². The van der Waals surface area contributed by atoms with Gasteiger partial charge in [0, 0.05) is 5.56 Å². The SMILES string of the molecule is CC(C)CC(CO)NC(=O)Cc1c(F)cccc1F. The van der Waals surface area contributed by atoms with Crippen LogP contribution in [-0.4, -0.2) is 23.7 Å². The molecule has 3 nitrogen and oxygen atoms in total. The number of hydrogen-bond acceptors (Lipinski definition) is 2. The Morgan fingerprint density at radius 3 is 2.37 bits per heavy atom. The van der Waals surface area contributed by atoms with Crippen LogP contribution in [0.3, 0.4) is 0 Å². The molecule has 1 aromatic rings. The number of nitrogens with one attached hydrogen (secondary N) is 1. The van der Waals surface area contributed by atoms with Gasteiger partial charge in [0.25, 0.3) is 0 Å². The molecule has 1 amide bonds. The van der Waals surface area contributed by atoms with Crippen LogP contribution in [0.2, 0.25) is 0 Å². The van der Waals surface area contributed by atoms with Crippen LogP contribution in [0.5, 0.6) is 0 Å². The van der Waals surface area contributed by atoms with E-state index in [1.165, 1.54) is 6.07 Å². The molecule has 0 aromatic heterocycles. The van der Waals surface area contributed by atoms with E-state index in [1.807, 2.05) is 13.8 Å². The van der Waals surface area contributed by atoms with Crippen LogP contribution in [0.1, 0.15) is 25.8 Å². The Bertz CT molecular complexity index is 415. The summed E-state index contributed by atoms with van der Waals surface area (Å²) in [5, 5.41) is 11.7. The van der Waals surface area contributed by atoms with Crippen molar-refractivity contribution in [3.63, 3.8) is 0 Å². The highest BCUT2D eigenvalue weighted by molar-refractivity contribution is 5.79. The number of carbonyl (C=O) groups is 1. The first-order valence-electron chi connectivity index (χ1n) is 6.27. The number of rotatable bonds is 6. The second kappa shape index (κ2) is 7.19. The molecule has 0 heterocycles. The number of benzene rings is 1. The molecule has 106 valence electrons. The van der Waals surface area contributed by atoms with E-state index in [2.05, 4.69) is 5.32 Å². The van der Waals surface area contributed by atoms with Gasteiger partial charge in [0.1, 0.15) is 11.6 Å². The smallest absolute Gasteiger partial charge is 0.224 e. The van der Waals surface area contributed by atoms with Crippen molar-refractivity contribution in [2.24, 2.45) is 5.92 Å². The van der Waals surface area contributed by atoms with Crippen LogP contribution in [0.15, 0.2) is 18.2 Å². The maximum atomic E-state index is 13.4. The van der Waals surface area contributed by atoms with Gasteiger partial charge in [-0.25, -0.2) is 8.78 Å². The zero-order chi connectivity index (χ0) is 14.4. The molecule has 0 saturated carbocycles. The Hall–Kier alpha value is -1.49. The predicted molar refractivity (Wildman–Crippen MR) is 68.5 cm³/mol. The lowest BCUT2D eigenvalue weighted by atomic mass is 10.0. The summed E-state index contributed by atoms with van der Waals surface area (Å²) in [6.45, 7) is 3.74. The number of hydrogen-bond donors (Lipinski definition) is 2. The van der Waals surface area contributed by atoms with Crippen molar-refractivity contribution in [2.75, 3.05) is 6.61 Å². The average molecular weight is 271 g/mol. The number of carbonyl (C=O) groups excluding carboxylic acids is 1. The molecule has 5 heteroatoms. The Kier molecular flexibility index (Phi) is 5.89. The van der Waals surface area contributed by atoms with Gasteiger partial charge in [0.05, 0.1) is 19.1 Å². The van der Waals surface area contributed by atoms with E-state index >= 15 is 0 Å². The van der Waals surface area contributed by atoms with E-state index in [1.54, 1.807) is 0 Å². The van der Waals surface area contributed by atoms with Crippen molar-refractivity contribution < 1.29 is 18.7 Å². The van der Waals surface area contributed by atoms with Crippen molar-refractivity contribution in [3.05, 3.63) is 35.4 Å². The number of aliphatic hydroxyl groups excluding tert-OH is 1. The third-order valence-electron chi connectivity index (χ3n) is 2.74. The Morgan fingerprint density at radius 2 is 1.89 bits per heavy atom. The molecule has 1 atom stereocenters. The first-order chi connectivity index (χ1) is 8.93. The van der Waals surface area contributed by atoms with Crippen molar-refractivity contribution in [1.29, 1.82) is 0 Å². The minimum atomic E-state index is -0.737. The van der Waals surface area contributed by atoms with Gasteiger partial charge in [-0.3, -0.25) is 4.79 Å². The van der Waals surface area contributed by atoms with Crippen LogP contribution in [0.4, 0.5) is 8.78 Å². The standard InChI is InChI=1S/C14H19F2NO2/c1-9(2)6-10(8-18)17-14(19)7-11-12(15)4-3-5-13(11)16/h3-5,9-10,18H,6-8H2,1-2H3,(H,17,19). The summed E-state index contributed by atoms with van der Waals surface area (Å²) in [7, 11) is 0. The van der Waals surface area contributed by atoms with Crippen LogP contribution in [-0.2, 0) is 11.2 Å². The molecule has 1 unspecified atom stereocenters. The molecular formula is C14H19F2NO2. The molecule has 0 fully saturated rings. The first kappa shape index (κ1) is 15.6. The minimum absolute atomic E-state index is 0.191. The second-order valence-corrected chi connectivity index (χ2v) is 4.95. The van der Waals surface area contributed by atoms with Crippen LogP contribution >= 0.6 is 0 Å². The van der Waals surface area contributed by atoms with Gasteiger partial charge in [0.15, 0.2) is 0 Å². The molecule has 0 radical (unpaired) electrons. The summed E-state index contributed by atoms with van der Waals surface area (Å²) in [4.78, 5) is 11.7. The largest absolute Gasteiger partial charge is 0.394 e. The van der Waals surface area contributed by atoms with Crippen LogP contribution in [0, 0.1) is 17.6 Å². The predicted octanol–water partition coefficient (Wildman–Crippen LogP) is 2.03. The lowest BCUT2D eigenvalue weighted by Crippen LogP contribution is -2.39. The highest BCUT2D eigenvalue weighted by Gasteiger charge is 2.16. The molecule has 0 spiro atoms. The van der Waals surface area contributed by atoms with Gasteiger partial charge in [-0.2, -0.15) is 0 Å². The van der Waals surface area contributed by atoms with E-state index in [0.29, 0.717) is 12.3 Å². The summed E-state index contributed by atoms with van der Waals surface area (Å²) >= 11 is 0. The van der Waals surface area contributed by atoms with Gasteiger partial charge in [-0.1, -0.05) is 19.9 Å². The maximum Gasteiger partial charge on any atom is 0.224 e. The summed E-state index contributed by atoms with van der Waals surface area (Å²) in [5.74, 6) is -1.66. The summed E-state index contributed by atoms with van der Waals surface area (Å²) in [6, 6.07) is 3.09. The van der Waals surface area contributed by atoms with Crippen molar-refractivity contribution >= 4 is 5.91 Å². The minimum Gasteiger partial charge on any atom is -0.394 e. The van der Waals surface area contributed by atoms with Gasteiger partial charge < -0.3 is 10.4 Å². The molecule has 0 aliphatic heterocycles. The number of aliphatic hydroxyl groups is 1. The van der Waals surface area contributed by atoms with E-state index in [9.17, 15) is 13.6 Å². The zero-order valence-electron chi connectivity index (χ0n) is 11.1. The Morgan fingerprint density at radius 1 is 1.32 bits per heavy atom. The normalized spacial score (nSPS) is 12.5. The first-order valence-corrected chi connectivity index (χ1v) is 6.27. The van der Waals surface area contributed by atoms with Gasteiger partial charge in [-0.15, -0.1) is 0 Å². The molecule has 1 rings (SSSR count). The molecule has 2 N–H and O–H groups in total. The summed E-state index contributed by atoms with van der Waals surface area (Å²) in [5.41, 5.74) is -0.249. The molecule has 0 aliphatic rings. The van der Waals surface area contributed by atoms with Crippen LogP contribution in [0.25, 0.3) is 0 Å². The fraction of sp³-hybridized carbons (Fsp3) is 0.500. The lowest BCUT2D eigenvalue weighted by Gasteiger charge is -2.18. The van der Waals surface area contributed by atoms with Gasteiger partial charge >= 0.3 is 0 Å². The summed E-state index contributed by atoms with van der Waals surface area (Å²) in [6.07, 6.45) is 0.245. The monoisotopic (exact) mass is 271 g/mol.